The maximum atomic E-state index is 11.8. The number of para-hydroxylation sites is 1. The maximum Gasteiger partial charge on any atom is 0.226 e. The smallest absolute Gasteiger partial charge is 0.226 e. The topological polar surface area (TPSA) is 63.2 Å². The largest absolute Gasteiger partial charge is 0.489 e. The van der Waals surface area contributed by atoms with Crippen molar-refractivity contribution in [1.29, 1.82) is 0 Å². The van der Waals surface area contributed by atoms with Gasteiger partial charge in [-0.1, -0.05) is 50.2 Å². The summed E-state index contributed by atoms with van der Waals surface area (Å²) in [5.41, 5.74) is 4.13. The Balaban J connectivity index is 1.51. The van der Waals surface area contributed by atoms with E-state index in [1.54, 1.807) is 6.20 Å². The number of rotatable bonds is 9. The van der Waals surface area contributed by atoms with Crippen LogP contribution in [0.1, 0.15) is 30.5 Å². The Labute approximate surface area is 172 Å². The fourth-order valence-electron chi connectivity index (χ4n) is 2.77. The van der Waals surface area contributed by atoms with Crippen LogP contribution in [0.3, 0.4) is 0 Å². The number of hydrogen-bond donors (Lipinski definition) is 2. The average Bonchev–Trinajstić information content (AvgIpc) is 2.75. The molecule has 3 rings (SSSR count). The predicted molar refractivity (Wildman–Crippen MR) is 115 cm³/mol. The molecule has 0 bridgehead atoms. The van der Waals surface area contributed by atoms with E-state index in [0.29, 0.717) is 13.2 Å². The minimum Gasteiger partial charge on any atom is -0.489 e. The lowest BCUT2D eigenvalue weighted by Crippen LogP contribution is -2.17. The molecule has 0 saturated heterocycles. The third kappa shape index (κ3) is 6.43. The molecule has 0 aliphatic heterocycles. The fourth-order valence-corrected chi connectivity index (χ4v) is 2.77. The third-order valence-electron chi connectivity index (χ3n) is 4.48. The van der Waals surface area contributed by atoms with Crippen molar-refractivity contribution >= 4 is 11.6 Å². The number of nitrogens with one attached hydrogen (secondary N) is 2. The number of nitrogens with zero attached hydrogens (tertiary/aromatic N) is 1. The number of pyridine rings is 1. The fraction of sp³-hybridized carbons (Fsp3) is 0.250. The van der Waals surface area contributed by atoms with Gasteiger partial charge in [0, 0.05) is 48.2 Å². The highest BCUT2D eigenvalue weighted by molar-refractivity contribution is 5.92. The molecular weight excluding hydrogens is 362 g/mol. The highest BCUT2D eigenvalue weighted by atomic mass is 16.5. The normalized spacial score (nSPS) is 10.7. The van der Waals surface area contributed by atoms with Gasteiger partial charge < -0.3 is 15.4 Å². The first-order valence-electron chi connectivity index (χ1n) is 9.82. The van der Waals surface area contributed by atoms with Crippen molar-refractivity contribution in [1.82, 2.24) is 10.3 Å². The zero-order valence-electron chi connectivity index (χ0n) is 16.9. The minimum atomic E-state index is -0.0308. The van der Waals surface area contributed by atoms with E-state index in [2.05, 4.69) is 21.7 Å². The lowest BCUT2D eigenvalue weighted by Gasteiger charge is -2.13. The van der Waals surface area contributed by atoms with E-state index in [9.17, 15) is 4.79 Å². The van der Waals surface area contributed by atoms with Crippen molar-refractivity contribution in [3.8, 4) is 5.75 Å². The van der Waals surface area contributed by atoms with Crippen molar-refractivity contribution in [2.24, 2.45) is 5.92 Å². The Kier molecular flexibility index (Phi) is 7.36. The number of benzene rings is 2. The highest BCUT2D eigenvalue weighted by Gasteiger charge is 2.07. The van der Waals surface area contributed by atoms with Crippen LogP contribution < -0.4 is 15.4 Å². The Morgan fingerprint density at radius 3 is 2.48 bits per heavy atom. The van der Waals surface area contributed by atoms with Crippen LogP contribution >= 0.6 is 0 Å². The van der Waals surface area contributed by atoms with E-state index < -0.39 is 0 Å². The highest BCUT2D eigenvalue weighted by Crippen LogP contribution is 2.19. The van der Waals surface area contributed by atoms with Crippen LogP contribution in [-0.2, 0) is 24.5 Å². The summed E-state index contributed by atoms with van der Waals surface area (Å²) in [5, 5.41) is 6.36. The second kappa shape index (κ2) is 10.4. The van der Waals surface area contributed by atoms with E-state index >= 15 is 0 Å². The summed E-state index contributed by atoms with van der Waals surface area (Å²) < 4.78 is 5.98. The zero-order valence-corrected chi connectivity index (χ0v) is 16.9. The number of carbonyl (C=O) groups excluding carboxylic acids is 1. The van der Waals surface area contributed by atoms with E-state index in [1.165, 1.54) is 0 Å². The van der Waals surface area contributed by atoms with Gasteiger partial charge in [0.1, 0.15) is 12.4 Å². The molecule has 150 valence electrons. The second-order valence-corrected chi connectivity index (χ2v) is 7.20. The van der Waals surface area contributed by atoms with Gasteiger partial charge in [-0.05, 0) is 29.8 Å². The number of anilines is 1. The van der Waals surface area contributed by atoms with Crippen LogP contribution in [0.25, 0.3) is 0 Å². The Hall–Kier alpha value is -3.18. The zero-order chi connectivity index (χ0) is 20.5. The third-order valence-corrected chi connectivity index (χ3v) is 4.48. The van der Waals surface area contributed by atoms with Crippen LogP contribution in [-0.4, -0.2) is 10.9 Å². The van der Waals surface area contributed by atoms with Gasteiger partial charge in [-0.15, -0.1) is 0 Å². The van der Waals surface area contributed by atoms with Gasteiger partial charge in [-0.2, -0.15) is 0 Å². The van der Waals surface area contributed by atoms with Gasteiger partial charge in [0.05, 0.1) is 0 Å². The van der Waals surface area contributed by atoms with Crippen LogP contribution in [0.5, 0.6) is 5.75 Å². The van der Waals surface area contributed by atoms with Gasteiger partial charge in [-0.25, -0.2) is 0 Å². The molecule has 0 fully saturated rings. The van der Waals surface area contributed by atoms with Crippen molar-refractivity contribution < 1.29 is 9.53 Å². The van der Waals surface area contributed by atoms with Crippen molar-refractivity contribution in [3.63, 3.8) is 0 Å². The molecule has 2 N–H and O–H groups in total. The summed E-state index contributed by atoms with van der Waals surface area (Å²) in [5.74, 6) is 0.867. The molecule has 1 amide bonds. The predicted octanol–water partition coefficient (Wildman–Crippen LogP) is 4.54. The average molecular weight is 389 g/mol. The quantitative estimate of drug-likeness (QED) is 0.564. The second-order valence-electron chi connectivity index (χ2n) is 7.20. The van der Waals surface area contributed by atoms with Crippen molar-refractivity contribution in [2.45, 2.75) is 33.5 Å². The Morgan fingerprint density at radius 2 is 1.76 bits per heavy atom. The minimum absolute atomic E-state index is 0.0266. The Morgan fingerprint density at radius 1 is 0.966 bits per heavy atom. The summed E-state index contributed by atoms with van der Waals surface area (Å²) in [6.45, 7) is 5.69. The Bertz CT molecular complexity index is 909. The van der Waals surface area contributed by atoms with Crippen LogP contribution in [0.4, 0.5) is 5.69 Å². The van der Waals surface area contributed by atoms with Gasteiger partial charge in [0.2, 0.25) is 5.91 Å². The van der Waals surface area contributed by atoms with Crippen LogP contribution in [0.2, 0.25) is 0 Å². The molecule has 5 heteroatoms. The molecule has 1 heterocycles. The SMILES string of the molecule is CC(C)C(=O)Nc1ccc(CNCc2ccccc2OCc2cccnc2)cc1. The number of ether oxygens (including phenoxy) is 1. The summed E-state index contributed by atoms with van der Waals surface area (Å²) in [6, 6.07) is 19.9. The van der Waals surface area contributed by atoms with Gasteiger partial charge in [0.25, 0.3) is 0 Å². The first-order valence-corrected chi connectivity index (χ1v) is 9.82. The number of hydrogen-bond acceptors (Lipinski definition) is 4. The molecule has 29 heavy (non-hydrogen) atoms. The van der Waals surface area contributed by atoms with Crippen molar-refractivity contribution in [2.75, 3.05) is 5.32 Å². The lowest BCUT2D eigenvalue weighted by molar-refractivity contribution is -0.118. The van der Waals surface area contributed by atoms with Gasteiger partial charge in [0.15, 0.2) is 0 Å². The molecule has 0 aliphatic carbocycles. The first-order chi connectivity index (χ1) is 14.1. The molecule has 1 aromatic heterocycles. The number of amides is 1. The molecule has 0 aliphatic rings. The van der Waals surface area contributed by atoms with Crippen LogP contribution in [0, 0.1) is 5.92 Å². The molecule has 5 nitrogen and oxygen atoms in total. The van der Waals surface area contributed by atoms with E-state index in [-0.39, 0.29) is 11.8 Å². The van der Waals surface area contributed by atoms with Crippen molar-refractivity contribution in [3.05, 3.63) is 89.7 Å². The maximum absolute atomic E-state index is 11.8. The summed E-state index contributed by atoms with van der Waals surface area (Å²) in [4.78, 5) is 15.9. The molecular formula is C24H27N3O2. The summed E-state index contributed by atoms with van der Waals surface area (Å²) >= 11 is 0. The summed E-state index contributed by atoms with van der Waals surface area (Å²) in [7, 11) is 0. The molecule has 0 radical (unpaired) electrons. The van der Waals surface area contributed by atoms with Gasteiger partial charge in [-0.3, -0.25) is 9.78 Å². The molecule has 0 atom stereocenters. The molecule has 0 spiro atoms. The van der Waals surface area contributed by atoms with E-state index in [4.69, 9.17) is 4.74 Å². The molecule has 3 aromatic rings. The molecule has 0 unspecified atom stereocenters. The number of aromatic nitrogens is 1. The standard InChI is InChI=1S/C24H27N3O2/c1-18(2)24(28)27-22-11-9-19(10-12-22)14-26-16-21-7-3-4-8-23(21)29-17-20-6-5-13-25-15-20/h3-13,15,18,26H,14,16-17H2,1-2H3,(H,27,28). The monoisotopic (exact) mass is 389 g/mol. The first kappa shape index (κ1) is 20.6. The molecule has 2 aromatic carbocycles. The number of carbonyl (C=O) groups is 1. The van der Waals surface area contributed by atoms with E-state index in [0.717, 1.165) is 34.7 Å². The molecule has 0 saturated carbocycles. The van der Waals surface area contributed by atoms with Gasteiger partial charge >= 0.3 is 0 Å². The summed E-state index contributed by atoms with van der Waals surface area (Å²) in [6.07, 6.45) is 3.57. The van der Waals surface area contributed by atoms with E-state index in [1.807, 2.05) is 74.6 Å². The van der Waals surface area contributed by atoms with Crippen LogP contribution in [0.15, 0.2) is 73.1 Å². The lowest BCUT2D eigenvalue weighted by atomic mass is 10.1.